The van der Waals surface area contributed by atoms with Crippen molar-refractivity contribution in [2.24, 2.45) is 5.73 Å². The van der Waals surface area contributed by atoms with E-state index in [-0.39, 0.29) is 5.91 Å². The maximum Gasteiger partial charge on any atom is 0.223 e. The molecular weight excluding hydrogens is 320 g/mol. The first-order valence-corrected chi connectivity index (χ1v) is 9.24. The number of rotatable bonds is 6. The van der Waals surface area contributed by atoms with E-state index in [9.17, 15) is 4.79 Å². The summed E-state index contributed by atoms with van der Waals surface area (Å²) in [5.74, 6) is -0.0783. The SMILES string of the molecule is CC(=O)Nc1nc(CCc2ccc(CN3CCC(N)C3)cc2)cs1. The molecule has 1 atom stereocenters. The van der Waals surface area contributed by atoms with Crippen LogP contribution in [0.3, 0.4) is 0 Å². The molecule has 5 nitrogen and oxygen atoms in total. The zero-order chi connectivity index (χ0) is 16.9. The van der Waals surface area contributed by atoms with Crippen molar-refractivity contribution in [2.75, 3.05) is 18.4 Å². The number of amides is 1. The van der Waals surface area contributed by atoms with Crippen molar-refractivity contribution in [1.29, 1.82) is 0 Å². The van der Waals surface area contributed by atoms with E-state index >= 15 is 0 Å². The molecule has 2 aromatic rings. The average Bonchev–Trinajstić information content (AvgIpc) is 3.15. The molecule has 1 aromatic carbocycles. The lowest BCUT2D eigenvalue weighted by Gasteiger charge is -2.15. The fraction of sp³-hybridized carbons (Fsp3) is 0.444. The van der Waals surface area contributed by atoms with Gasteiger partial charge in [0.15, 0.2) is 5.13 Å². The van der Waals surface area contributed by atoms with Gasteiger partial charge in [-0.2, -0.15) is 0 Å². The summed E-state index contributed by atoms with van der Waals surface area (Å²) in [5, 5.41) is 5.41. The average molecular weight is 344 g/mol. The van der Waals surface area contributed by atoms with Crippen LogP contribution in [0.2, 0.25) is 0 Å². The molecule has 0 aliphatic carbocycles. The smallest absolute Gasteiger partial charge is 0.223 e. The van der Waals surface area contributed by atoms with Crippen LogP contribution in [0.15, 0.2) is 29.6 Å². The summed E-state index contributed by atoms with van der Waals surface area (Å²) >= 11 is 1.47. The number of likely N-dealkylation sites (tertiary alicyclic amines) is 1. The van der Waals surface area contributed by atoms with Gasteiger partial charge in [0.25, 0.3) is 0 Å². The molecule has 1 aromatic heterocycles. The van der Waals surface area contributed by atoms with E-state index in [1.54, 1.807) is 0 Å². The Balaban J connectivity index is 1.49. The second kappa shape index (κ2) is 7.88. The second-order valence-electron chi connectivity index (χ2n) is 6.43. The molecule has 3 rings (SSSR count). The maximum absolute atomic E-state index is 11.0. The highest BCUT2D eigenvalue weighted by Gasteiger charge is 2.18. The summed E-state index contributed by atoms with van der Waals surface area (Å²) < 4.78 is 0. The lowest BCUT2D eigenvalue weighted by Crippen LogP contribution is -2.26. The predicted octanol–water partition coefficient (Wildman–Crippen LogP) is 2.42. The summed E-state index contributed by atoms with van der Waals surface area (Å²) in [5.41, 5.74) is 9.64. The topological polar surface area (TPSA) is 71.2 Å². The van der Waals surface area contributed by atoms with E-state index in [4.69, 9.17) is 5.73 Å². The number of hydrogen-bond acceptors (Lipinski definition) is 5. The molecule has 1 unspecified atom stereocenters. The standard InChI is InChI=1S/C18H24N4OS/c1-13(23)20-18-21-17(12-24-18)7-6-14-2-4-15(5-3-14)10-22-9-8-16(19)11-22/h2-5,12,16H,6-11,19H2,1H3,(H,20,21,23). The van der Waals surface area contributed by atoms with Crippen molar-refractivity contribution >= 4 is 22.4 Å². The predicted molar refractivity (Wildman–Crippen MR) is 98.1 cm³/mol. The number of carbonyl (C=O) groups is 1. The van der Waals surface area contributed by atoms with Crippen LogP contribution in [-0.4, -0.2) is 34.9 Å². The van der Waals surface area contributed by atoms with Crippen molar-refractivity contribution in [3.05, 3.63) is 46.5 Å². The molecule has 0 spiro atoms. The number of hydrogen-bond donors (Lipinski definition) is 2. The van der Waals surface area contributed by atoms with E-state index in [1.165, 1.54) is 29.4 Å². The van der Waals surface area contributed by atoms with E-state index in [0.717, 1.165) is 44.6 Å². The zero-order valence-electron chi connectivity index (χ0n) is 14.0. The molecule has 128 valence electrons. The molecular formula is C18H24N4OS. The number of nitrogens with one attached hydrogen (secondary N) is 1. The normalized spacial score (nSPS) is 18.0. The number of nitrogens with two attached hydrogens (primary N) is 1. The van der Waals surface area contributed by atoms with Crippen LogP contribution in [-0.2, 0) is 24.2 Å². The molecule has 1 fully saturated rings. The molecule has 1 saturated heterocycles. The zero-order valence-corrected chi connectivity index (χ0v) is 14.8. The minimum Gasteiger partial charge on any atom is -0.326 e. The molecule has 1 aliphatic rings. The molecule has 1 aliphatic heterocycles. The minimum atomic E-state index is -0.0783. The van der Waals surface area contributed by atoms with E-state index in [1.807, 2.05) is 5.38 Å². The highest BCUT2D eigenvalue weighted by Crippen LogP contribution is 2.18. The van der Waals surface area contributed by atoms with Gasteiger partial charge in [-0.25, -0.2) is 4.98 Å². The number of aryl methyl sites for hydroxylation is 2. The van der Waals surface area contributed by atoms with Crippen molar-refractivity contribution in [2.45, 2.75) is 38.8 Å². The summed E-state index contributed by atoms with van der Waals surface area (Å²) in [6.45, 7) is 4.59. The van der Waals surface area contributed by atoms with Gasteiger partial charge in [-0.3, -0.25) is 9.69 Å². The largest absolute Gasteiger partial charge is 0.326 e. The number of anilines is 1. The van der Waals surface area contributed by atoms with Gasteiger partial charge < -0.3 is 11.1 Å². The van der Waals surface area contributed by atoms with Gasteiger partial charge in [0.05, 0.1) is 5.69 Å². The summed E-state index contributed by atoms with van der Waals surface area (Å²) in [6, 6.07) is 9.16. The molecule has 24 heavy (non-hydrogen) atoms. The number of carbonyl (C=O) groups excluding carboxylic acids is 1. The molecule has 0 radical (unpaired) electrons. The van der Waals surface area contributed by atoms with Gasteiger partial charge in [0.1, 0.15) is 0 Å². The second-order valence-corrected chi connectivity index (χ2v) is 7.28. The van der Waals surface area contributed by atoms with Gasteiger partial charge in [-0.1, -0.05) is 24.3 Å². The van der Waals surface area contributed by atoms with Crippen molar-refractivity contribution in [3.63, 3.8) is 0 Å². The molecule has 0 saturated carbocycles. The van der Waals surface area contributed by atoms with Crippen LogP contribution in [0.4, 0.5) is 5.13 Å². The van der Waals surface area contributed by atoms with Gasteiger partial charge in [-0.05, 0) is 30.4 Å². The third-order valence-corrected chi connectivity index (χ3v) is 5.05. The van der Waals surface area contributed by atoms with Gasteiger partial charge in [-0.15, -0.1) is 11.3 Å². The van der Waals surface area contributed by atoms with Crippen LogP contribution in [0.1, 0.15) is 30.2 Å². The van der Waals surface area contributed by atoms with Crippen molar-refractivity contribution in [1.82, 2.24) is 9.88 Å². The van der Waals surface area contributed by atoms with Gasteiger partial charge in [0, 0.05) is 38.0 Å². The third-order valence-electron chi connectivity index (χ3n) is 4.24. The van der Waals surface area contributed by atoms with Gasteiger partial charge in [0.2, 0.25) is 5.91 Å². The lowest BCUT2D eigenvalue weighted by molar-refractivity contribution is -0.114. The Labute approximate surface area is 146 Å². The monoisotopic (exact) mass is 344 g/mol. The molecule has 2 heterocycles. The first-order chi connectivity index (χ1) is 11.6. The lowest BCUT2D eigenvalue weighted by atomic mass is 10.1. The van der Waals surface area contributed by atoms with E-state index in [0.29, 0.717) is 11.2 Å². The van der Waals surface area contributed by atoms with Crippen molar-refractivity contribution < 1.29 is 4.79 Å². The maximum atomic E-state index is 11.0. The third kappa shape index (κ3) is 4.87. The highest BCUT2D eigenvalue weighted by molar-refractivity contribution is 7.13. The van der Waals surface area contributed by atoms with E-state index < -0.39 is 0 Å². The minimum absolute atomic E-state index is 0.0783. The van der Waals surface area contributed by atoms with Crippen LogP contribution in [0.25, 0.3) is 0 Å². The number of benzene rings is 1. The van der Waals surface area contributed by atoms with Gasteiger partial charge >= 0.3 is 0 Å². The van der Waals surface area contributed by atoms with Crippen LogP contribution in [0.5, 0.6) is 0 Å². The number of aromatic nitrogens is 1. The van der Waals surface area contributed by atoms with E-state index in [2.05, 4.69) is 39.5 Å². The molecule has 3 N–H and O–H groups in total. The Hall–Kier alpha value is -1.76. The Morgan fingerprint density at radius 3 is 2.75 bits per heavy atom. The highest BCUT2D eigenvalue weighted by atomic mass is 32.1. The fourth-order valence-electron chi connectivity index (χ4n) is 2.98. The summed E-state index contributed by atoms with van der Waals surface area (Å²) in [4.78, 5) is 17.9. The molecule has 6 heteroatoms. The Morgan fingerprint density at radius 2 is 2.08 bits per heavy atom. The van der Waals surface area contributed by atoms with Crippen LogP contribution >= 0.6 is 11.3 Å². The number of thiazole rings is 1. The first kappa shape index (κ1) is 17.1. The molecule has 0 bridgehead atoms. The summed E-state index contributed by atoms with van der Waals surface area (Å²) in [6.07, 6.45) is 2.95. The quantitative estimate of drug-likeness (QED) is 0.844. The summed E-state index contributed by atoms with van der Waals surface area (Å²) in [7, 11) is 0. The molecule has 1 amide bonds. The van der Waals surface area contributed by atoms with Crippen molar-refractivity contribution in [3.8, 4) is 0 Å². The Bertz CT molecular complexity index is 683. The fourth-order valence-corrected chi connectivity index (χ4v) is 3.77. The Morgan fingerprint density at radius 1 is 1.33 bits per heavy atom. The first-order valence-electron chi connectivity index (χ1n) is 8.36. The van der Waals surface area contributed by atoms with Crippen LogP contribution in [0, 0.1) is 0 Å². The number of nitrogens with zero attached hydrogens (tertiary/aromatic N) is 2. The Kier molecular flexibility index (Phi) is 5.60. The van der Waals surface area contributed by atoms with Crippen LogP contribution < -0.4 is 11.1 Å².